The summed E-state index contributed by atoms with van der Waals surface area (Å²) in [6.07, 6.45) is 5.79. The fourth-order valence-electron chi connectivity index (χ4n) is 2.58. The molecule has 1 aliphatic rings. The van der Waals surface area contributed by atoms with E-state index in [0.29, 0.717) is 5.25 Å². The van der Waals surface area contributed by atoms with Gasteiger partial charge in [0.1, 0.15) is 0 Å². The van der Waals surface area contributed by atoms with Gasteiger partial charge in [-0.3, -0.25) is 0 Å². The Kier molecular flexibility index (Phi) is 4.88. The molecule has 0 amide bonds. The van der Waals surface area contributed by atoms with Crippen LogP contribution in [0.4, 0.5) is 0 Å². The van der Waals surface area contributed by atoms with Crippen LogP contribution in [0.15, 0.2) is 50.5 Å². The zero-order valence-corrected chi connectivity index (χ0v) is 15.8. The minimum absolute atomic E-state index is 0.115. The van der Waals surface area contributed by atoms with Crippen molar-refractivity contribution in [2.75, 3.05) is 0 Å². The second-order valence-corrected chi connectivity index (χ2v) is 9.13. The molecule has 1 aliphatic carbocycles. The van der Waals surface area contributed by atoms with E-state index in [4.69, 9.17) is 0 Å². The molecule has 0 saturated carbocycles. The fourth-order valence-corrected chi connectivity index (χ4v) is 5.16. The molecule has 2 heteroatoms. The normalized spacial score (nSPS) is 15.7. The zero-order chi connectivity index (χ0) is 14.0. The predicted molar refractivity (Wildman–Crippen MR) is 87.0 cm³/mol. The Bertz CT molecular complexity index is 524. The van der Waals surface area contributed by atoms with Crippen LogP contribution < -0.4 is 0 Å². The van der Waals surface area contributed by atoms with Gasteiger partial charge in [-0.05, 0) is 0 Å². The van der Waals surface area contributed by atoms with Crippen molar-refractivity contribution in [2.45, 2.75) is 49.7 Å². The first-order chi connectivity index (χ1) is 8.93. The summed E-state index contributed by atoms with van der Waals surface area (Å²) in [5.41, 5.74) is 3.11. The van der Waals surface area contributed by atoms with Gasteiger partial charge in [0, 0.05) is 0 Å². The third-order valence-corrected chi connectivity index (χ3v) is 5.96. The quantitative estimate of drug-likeness (QED) is 0.535. The van der Waals surface area contributed by atoms with E-state index in [-0.39, 0.29) is 5.41 Å². The first-order valence-electron chi connectivity index (χ1n) is 6.81. The molecule has 0 heterocycles. The SMILES string of the molecule is CC(C)Sc1ccccc1C(C)(C)C1=[C]([Sn])CC=C1. The molecule has 0 N–H and O–H groups in total. The summed E-state index contributed by atoms with van der Waals surface area (Å²) < 4.78 is 1.60. The Hall–Kier alpha value is -0.151. The molecule has 0 atom stereocenters. The molecule has 3 radical (unpaired) electrons. The van der Waals surface area contributed by atoms with E-state index in [2.05, 4.69) is 64.1 Å². The topological polar surface area (TPSA) is 0 Å². The monoisotopic (exact) mass is 377 g/mol. The Morgan fingerprint density at radius 2 is 1.89 bits per heavy atom. The van der Waals surface area contributed by atoms with Gasteiger partial charge in [0.05, 0.1) is 0 Å². The Morgan fingerprint density at radius 1 is 1.21 bits per heavy atom. The average Bonchev–Trinajstić information content (AvgIpc) is 2.76. The molecule has 0 fully saturated rings. The molecule has 0 spiro atoms. The van der Waals surface area contributed by atoms with Gasteiger partial charge in [0.25, 0.3) is 0 Å². The van der Waals surface area contributed by atoms with E-state index in [1.165, 1.54) is 16.0 Å². The first kappa shape index (κ1) is 15.2. The Morgan fingerprint density at radius 3 is 2.47 bits per heavy atom. The summed E-state index contributed by atoms with van der Waals surface area (Å²) in [7, 11) is 0. The van der Waals surface area contributed by atoms with Crippen LogP contribution >= 0.6 is 11.8 Å². The van der Waals surface area contributed by atoms with E-state index in [1.807, 2.05) is 11.8 Å². The summed E-state index contributed by atoms with van der Waals surface area (Å²) in [4.78, 5) is 1.43. The number of hydrogen-bond acceptors (Lipinski definition) is 1. The Balaban J connectivity index is 2.46. The summed E-state index contributed by atoms with van der Waals surface area (Å²) in [6, 6.07) is 8.89. The molecular formula is C17H21SSn. The van der Waals surface area contributed by atoms with Crippen molar-refractivity contribution in [2.24, 2.45) is 0 Å². The van der Waals surface area contributed by atoms with Crippen molar-refractivity contribution in [3.05, 3.63) is 51.1 Å². The second kappa shape index (κ2) is 6.09. The molecule has 1 aromatic rings. The summed E-state index contributed by atoms with van der Waals surface area (Å²) >= 11 is 3.53. The van der Waals surface area contributed by atoms with Gasteiger partial charge in [0.15, 0.2) is 0 Å². The van der Waals surface area contributed by atoms with Crippen molar-refractivity contribution in [3.8, 4) is 0 Å². The molecule has 19 heavy (non-hydrogen) atoms. The molecule has 0 unspecified atom stereocenters. The molecule has 1 aromatic carbocycles. The van der Waals surface area contributed by atoms with Crippen LogP contribution in [-0.2, 0) is 5.41 Å². The van der Waals surface area contributed by atoms with Gasteiger partial charge in [-0.25, -0.2) is 0 Å². The van der Waals surface area contributed by atoms with Crippen LogP contribution in [0.5, 0.6) is 0 Å². The molecule has 0 aromatic heterocycles. The molecule has 0 nitrogen and oxygen atoms in total. The average molecular weight is 376 g/mol. The third kappa shape index (κ3) is 3.30. The van der Waals surface area contributed by atoms with Gasteiger partial charge in [-0.1, -0.05) is 0 Å². The molecule has 0 saturated heterocycles. The van der Waals surface area contributed by atoms with E-state index in [1.54, 1.807) is 26.1 Å². The van der Waals surface area contributed by atoms with Gasteiger partial charge < -0.3 is 0 Å². The molecule has 0 aliphatic heterocycles. The number of rotatable bonds is 4. The Labute approximate surface area is 134 Å². The van der Waals surface area contributed by atoms with Gasteiger partial charge in [-0.2, -0.15) is 0 Å². The number of thioether (sulfide) groups is 1. The summed E-state index contributed by atoms with van der Waals surface area (Å²) in [5.74, 6) is 0. The van der Waals surface area contributed by atoms with Crippen LogP contribution in [-0.4, -0.2) is 27.8 Å². The first-order valence-corrected chi connectivity index (χ1v) is 9.11. The van der Waals surface area contributed by atoms with Gasteiger partial charge in [0.2, 0.25) is 0 Å². The van der Waals surface area contributed by atoms with Gasteiger partial charge in [-0.15, -0.1) is 0 Å². The van der Waals surface area contributed by atoms with E-state index >= 15 is 0 Å². The van der Waals surface area contributed by atoms with Crippen LogP contribution in [0.2, 0.25) is 0 Å². The molecular weight excluding hydrogens is 355 g/mol. The zero-order valence-electron chi connectivity index (χ0n) is 12.2. The van der Waals surface area contributed by atoms with Crippen molar-refractivity contribution in [3.63, 3.8) is 0 Å². The van der Waals surface area contributed by atoms with Crippen molar-refractivity contribution < 1.29 is 0 Å². The summed E-state index contributed by atoms with van der Waals surface area (Å²) in [6.45, 7) is 9.25. The maximum atomic E-state index is 2.36. The van der Waals surface area contributed by atoms with Crippen molar-refractivity contribution in [1.29, 1.82) is 0 Å². The number of allylic oxidation sites excluding steroid dienone is 4. The number of benzene rings is 1. The standard InChI is InChI=1S/C17H21S.Sn/c1-13(2)18-16-12-8-7-11-15(16)17(3,4)14-9-5-6-10-14;/h5,7-9,11-13H,6H2,1-4H3;. The maximum absolute atomic E-state index is 2.36. The molecule has 0 bridgehead atoms. The van der Waals surface area contributed by atoms with Crippen molar-refractivity contribution in [1.82, 2.24) is 0 Å². The van der Waals surface area contributed by atoms with Crippen molar-refractivity contribution >= 4 is 34.3 Å². The van der Waals surface area contributed by atoms with Gasteiger partial charge >= 0.3 is 135 Å². The van der Waals surface area contributed by atoms with Crippen LogP contribution in [0.1, 0.15) is 39.7 Å². The minimum atomic E-state index is 0.115. The predicted octanol–water partition coefficient (Wildman–Crippen LogP) is 4.85. The van der Waals surface area contributed by atoms with Crippen LogP contribution in [0.25, 0.3) is 0 Å². The summed E-state index contributed by atoms with van der Waals surface area (Å²) in [5, 5.41) is 0.622. The fraction of sp³-hybridized carbons (Fsp3) is 0.412. The van der Waals surface area contributed by atoms with Crippen LogP contribution in [0.3, 0.4) is 0 Å². The second-order valence-electron chi connectivity index (χ2n) is 5.79. The number of hydrogen-bond donors (Lipinski definition) is 0. The molecule has 2 rings (SSSR count). The van der Waals surface area contributed by atoms with Crippen LogP contribution in [0, 0.1) is 0 Å². The van der Waals surface area contributed by atoms with E-state index < -0.39 is 0 Å². The third-order valence-electron chi connectivity index (χ3n) is 3.53. The van der Waals surface area contributed by atoms with E-state index in [9.17, 15) is 0 Å². The molecule has 99 valence electrons. The van der Waals surface area contributed by atoms with E-state index in [0.717, 1.165) is 6.42 Å².